The fraction of sp³-hybridized carbons (Fsp3) is 0.800. The molecule has 1 saturated heterocycles. The summed E-state index contributed by atoms with van der Waals surface area (Å²) in [6.45, 7) is 4.43. The molecule has 1 rings (SSSR count). The van der Waals surface area contributed by atoms with Crippen molar-refractivity contribution >= 4 is 12.4 Å². The van der Waals surface area contributed by atoms with Crippen LogP contribution in [0.4, 0.5) is 4.79 Å². The molecule has 1 unspecified atom stereocenters. The number of hydrogen-bond donors (Lipinski definition) is 1. The Morgan fingerprint density at radius 2 is 2.29 bits per heavy atom. The molecule has 1 fully saturated rings. The molecule has 1 N–H and O–H groups in total. The topological polar surface area (TPSA) is 57.6 Å². The van der Waals surface area contributed by atoms with Gasteiger partial charge in [0, 0.05) is 18.5 Å². The van der Waals surface area contributed by atoms with E-state index < -0.39 is 6.09 Å². The van der Waals surface area contributed by atoms with Gasteiger partial charge in [0.25, 0.3) is 0 Å². The van der Waals surface area contributed by atoms with Crippen LogP contribution in [-0.2, 0) is 4.79 Å². The van der Waals surface area contributed by atoms with Crippen molar-refractivity contribution in [1.82, 2.24) is 4.90 Å². The first-order valence-electron chi connectivity index (χ1n) is 4.91. The smallest absolute Gasteiger partial charge is 0.407 e. The predicted molar refractivity (Wildman–Crippen MR) is 52.2 cm³/mol. The summed E-state index contributed by atoms with van der Waals surface area (Å²) in [5.41, 5.74) is -0.278. The summed E-state index contributed by atoms with van der Waals surface area (Å²) in [7, 11) is 0. The number of rotatable bonds is 3. The van der Waals surface area contributed by atoms with Gasteiger partial charge in [0.2, 0.25) is 0 Å². The van der Waals surface area contributed by atoms with Gasteiger partial charge in [-0.3, -0.25) is 0 Å². The molecule has 1 atom stereocenters. The average Bonchev–Trinajstić information content (AvgIpc) is 2.37. The minimum atomic E-state index is -0.858. The van der Waals surface area contributed by atoms with Crippen LogP contribution in [0.5, 0.6) is 0 Å². The van der Waals surface area contributed by atoms with E-state index >= 15 is 0 Å². The summed E-state index contributed by atoms with van der Waals surface area (Å²) in [5, 5.41) is 8.95. The van der Waals surface area contributed by atoms with E-state index in [0.29, 0.717) is 18.9 Å². The first-order chi connectivity index (χ1) is 6.47. The molecule has 0 aromatic rings. The van der Waals surface area contributed by atoms with E-state index in [1.807, 2.05) is 13.8 Å². The molecule has 4 heteroatoms. The van der Waals surface area contributed by atoms with Gasteiger partial charge >= 0.3 is 6.09 Å². The highest BCUT2D eigenvalue weighted by Crippen LogP contribution is 2.34. The zero-order valence-corrected chi connectivity index (χ0v) is 8.69. The molecule has 1 heterocycles. The van der Waals surface area contributed by atoms with Gasteiger partial charge in [-0.25, -0.2) is 4.79 Å². The molecular weight excluding hydrogens is 182 g/mol. The molecule has 0 saturated carbocycles. The van der Waals surface area contributed by atoms with Crippen molar-refractivity contribution in [3.05, 3.63) is 0 Å². The Morgan fingerprint density at radius 1 is 1.64 bits per heavy atom. The van der Waals surface area contributed by atoms with Crippen LogP contribution in [0.25, 0.3) is 0 Å². The number of hydrogen-bond acceptors (Lipinski definition) is 2. The number of nitrogens with zero attached hydrogens (tertiary/aromatic N) is 1. The lowest BCUT2D eigenvalue weighted by atomic mass is 9.94. The van der Waals surface area contributed by atoms with E-state index in [1.165, 1.54) is 4.90 Å². The number of carbonyl (C=O) groups excluding carboxylic acids is 1. The number of carbonyl (C=O) groups is 2. The second kappa shape index (κ2) is 3.98. The Bertz CT molecular complexity index is 238. The van der Waals surface area contributed by atoms with Crippen molar-refractivity contribution in [3.8, 4) is 0 Å². The Balaban J connectivity index is 2.57. The molecule has 0 bridgehead atoms. The van der Waals surface area contributed by atoms with E-state index in [4.69, 9.17) is 5.11 Å². The van der Waals surface area contributed by atoms with E-state index in [0.717, 1.165) is 19.1 Å². The SMILES string of the molecule is CC1(C)CC(CCC=O)CN1C(=O)O. The molecule has 4 nitrogen and oxygen atoms in total. The first kappa shape index (κ1) is 11.0. The van der Waals surface area contributed by atoms with E-state index in [-0.39, 0.29) is 5.54 Å². The van der Waals surface area contributed by atoms with Crippen LogP contribution in [0.1, 0.15) is 33.1 Å². The number of amides is 1. The third-order valence-electron chi connectivity index (χ3n) is 2.88. The largest absolute Gasteiger partial charge is 0.465 e. The summed E-state index contributed by atoms with van der Waals surface area (Å²) in [5.74, 6) is 0.339. The molecule has 80 valence electrons. The molecule has 1 aliphatic heterocycles. The van der Waals surface area contributed by atoms with Gasteiger partial charge < -0.3 is 14.8 Å². The Kier molecular flexibility index (Phi) is 3.13. The molecule has 14 heavy (non-hydrogen) atoms. The van der Waals surface area contributed by atoms with Crippen molar-refractivity contribution in [3.63, 3.8) is 0 Å². The lowest BCUT2D eigenvalue weighted by Crippen LogP contribution is -2.41. The second-order valence-electron chi connectivity index (χ2n) is 4.52. The van der Waals surface area contributed by atoms with Gasteiger partial charge in [-0.05, 0) is 32.6 Å². The Labute approximate surface area is 83.9 Å². The molecule has 0 aromatic heterocycles. The normalized spacial score (nSPS) is 25.0. The monoisotopic (exact) mass is 199 g/mol. The third-order valence-corrected chi connectivity index (χ3v) is 2.88. The minimum Gasteiger partial charge on any atom is -0.465 e. The highest BCUT2D eigenvalue weighted by atomic mass is 16.4. The Morgan fingerprint density at radius 3 is 2.71 bits per heavy atom. The molecule has 0 spiro atoms. The standard InChI is InChI=1S/C10H17NO3/c1-10(2)6-8(4-3-5-12)7-11(10)9(13)14/h5,8H,3-4,6-7H2,1-2H3,(H,13,14). The van der Waals surface area contributed by atoms with Gasteiger partial charge in [-0.1, -0.05) is 0 Å². The lowest BCUT2D eigenvalue weighted by Gasteiger charge is -2.28. The van der Waals surface area contributed by atoms with Crippen LogP contribution in [0, 0.1) is 5.92 Å². The zero-order valence-electron chi connectivity index (χ0n) is 8.69. The average molecular weight is 199 g/mol. The lowest BCUT2D eigenvalue weighted by molar-refractivity contribution is -0.108. The summed E-state index contributed by atoms with van der Waals surface area (Å²) >= 11 is 0. The number of aldehydes is 1. The van der Waals surface area contributed by atoms with Gasteiger partial charge in [-0.15, -0.1) is 0 Å². The summed E-state index contributed by atoms with van der Waals surface area (Å²) in [6.07, 6.45) is 2.23. The fourth-order valence-corrected chi connectivity index (χ4v) is 2.22. The molecular formula is C10H17NO3. The molecule has 0 aliphatic carbocycles. The van der Waals surface area contributed by atoms with E-state index in [9.17, 15) is 9.59 Å². The predicted octanol–water partition coefficient (Wildman–Crippen LogP) is 1.74. The quantitative estimate of drug-likeness (QED) is 0.704. The van der Waals surface area contributed by atoms with Gasteiger partial charge in [0.15, 0.2) is 0 Å². The molecule has 1 aliphatic rings. The maximum absolute atomic E-state index is 10.9. The highest BCUT2D eigenvalue weighted by molar-refractivity contribution is 5.66. The van der Waals surface area contributed by atoms with Crippen LogP contribution < -0.4 is 0 Å². The number of carboxylic acid groups (broad SMARTS) is 1. The first-order valence-corrected chi connectivity index (χ1v) is 4.91. The van der Waals surface area contributed by atoms with Crippen LogP contribution in [0.2, 0.25) is 0 Å². The van der Waals surface area contributed by atoms with Crippen LogP contribution in [0.15, 0.2) is 0 Å². The van der Waals surface area contributed by atoms with Crippen molar-refractivity contribution < 1.29 is 14.7 Å². The van der Waals surface area contributed by atoms with E-state index in [1.54, 1.807) is 0 Å². The summed E-state index contributed by atoms with van der Waals surface area (Å²) in [4.78, 5) is 22.6. The molecule has 0 radical (unpaired) electrons. The van der Waals surface area contributed by atoms with Crippen LogP contribution in [-0.4, -0.2) is 34.5 Å². The maximum Gasteiger partial charge on any atom is 0.407 e. The Hall–Kier alpha value is -1.06. The van der Waals surface area contributed by atoms with Gasteiger partial charge in [0.05, 0.1) is 0 Å². The highest BCUT2D eigenvalue weighted by Gasteiger charge is 2.40. The minimum absolute atomic E-state index is 0.278. The van der Waals surface area contributed by atoms with Gasteiger partial charge in [0.1, 0.15) is 6.29 Å². The van der Waals surface area contributed by atoms with Crippen molar-refractivity contribution in [1.29, 1.82) is 0 Å². The van der Waals surface area contributed by atoms with Crippen molar-refractivity contribution in [2.24, 2.45) is 5.92 Å². The molecule has 1 amide bonds. The van der Waals surface area contributed by atoms with E-state index in [2.05, 4.69) is 0 Å². The fourth-order valence-electron chi connectivity index (χ4n) is 2.22. The number of likely N-dealkylation sites (tertiary alicyclic amines) is 1. The zero-order chi connectivity index (χ0) is 10.8. The van der Waals surface area contributed by atoms with Crippen molar-refractivity contribution in [2.75, 3.05) is 6.54 Å². The van der Waals surface area contributed by atoms with Crippen molar-refractivity contribution in [2.45, 2.75) is 38.6 Å². The van der Waals surface area contributed by atoms with Gasteiger partial charge in [-0.2, -0.15) is 0 Å². The van der Waals surface area contributed by atoms with Crippen LogP contribution >= 0.6 is 0 Å². The summed E-state index contributed by atoms with van der Waals surface area (Å²) in [6, 6.07) is 0. The second-order valence-corrected chi connectivity index (χ2v) is 4.52. The molecule has 0 aromatic carbocycles. The van der Waals surface area contributed by atoms with Crippen LogP contribution in [0.3, 0.4) is 0 Å². The third kappa shape index (κ3) is 2.25. The maximum atomic E-state index is 10.9. The summed E-state index contributed by atoms with van der Waals surface area (Å²) < 4.78 is 0.